The van der Waals surface area contributed by atoms with Crippen LogP contribution in [0.3, 0.4) is 0 Å². The zero-order valence-electron chi connectivity index (χ0n) is 15.9. The molecule has 0 aliphatic rings. The van der Waals surface area contributed by atoms with E-state index < -0.39 is 0 Å². The van der Waals surface area contributed by atoms with Crippen molar-refractivity contribution in [3.63, 3.8) is 0 Å². The van der Waals surface area contributed by atoms with E-state index in [1.54, 1.807) is 18.9 Å². The lowest BCUT2D eigenvalue weighted by Gasteiger charge is -2.11. The normalized spacial score (nSPS) is 10.8. The molecule has 3 aromatic carbocycles. The number of hydrogen-bond donors (Lipinski definition) is 0. The Kier molecular flexibility index (Phi) is 5.44. The van der Waals surface area contributed by atoms with Crippen molar-refractivity contribution in [2.75, 3.05) is 7.11 Å². The van der Waals surface area contributed by atoms with Crippen molar-refractivity contribution in [2.24, 2.45) is 0 Å². The first-order valence-corrected chi connectivity index (χ1v) is 10.1. The molecule has 4 nitrogen and oxygen atoms in total. The van der Waals surface area contributed by atoms with Crippen LogP contribution in [0.5, 0.6) is 5.75 Å². The largest absolute Gasteiger partial charge is 0.497 e. The summed E-state index contributed by atoms with van der Waals surface area (Å²) < 4.78 is 7.50. The highest BCUT2D eigenvalue weighted by Gasteiger charge is 2.16. The first-order valence-electron chi connectivity index (χ1n) is 9.08. The van der Waals surface area contributed by atoms with Gasteiger partial charge in [0.25, 0.3) is 0 Å². The van der Waals surface area contributed by atoms with Crippen LogP contribution in [0.4, 0.5) is 0 Å². The SMILES string of the molecule is COc1cccc(-c2nnc(SCc3ccccc3)n2-c2ccc(C)cc2)c1. The third kappa shape index (κ3) is 3.94. The molecule has 0 amide bonds. The highest BCUT2D eigenvalue weighted by molar-refractivity contribution is 7.98. The molecule has 0 aliphatic heterocycles. The fraction of sp³-hybridized carbons (Fsp3) is 0.130. The average Bonchev–Trinajstić information content (AvgIpc) is 3.17. The first-order chi connectivity index (χ1) is 13.7. The lowest BCUT2D eigenvalue weighted by atomic mass is 10.2. The molecule has 0 radical (unpaired) electrons. The van der Waals surface area contributed by atoms with Crippen molar-refractivity contribution in [1.29, 1.82) is 0 Å². The minimum Gasteiger partial charge on any atom is -0.497 e. The smallest absolute Gasteiger partial charge is 0.196 e. The lowest BCUT2D eigenvalue weighted by molar-refractivity contribution is 0.415. The van der Waals surface area contributed by atoms with Gasteiger partial charge in [-0.1, -0.05) is 71.9 Å². The summed E-state index contributed by atoms with van der Waals surface area (Å²) in [6, 6.07) is 26.7. The predicted octanol–water partition coefficient (Wildman–Crippen LogP) is 5.54. The van der Waals surface area contributed by atoms with Gasteiger partial charge in [0.2, 0.25) is 0 Å². The van der Waals surface area contributed by atoms with Gasteiger partial charge in [0, 0.05) is 17.0 Å². The molecule has 4 aromatic rings. The molecule has 28 heavy (non-hydrogen) atoms. The molecule has 1 aromatic heterocycles. The monoisotopic (exact) mass is 387 g/mol. The van der Waals surface area contributed by atoms with Gasteiger partial charge in [0.05, 0.1) is 7.11 Å². The van der Waals surface area contributed by atoms with Crippen LogP contribution < -0.4 is 4.74 Å². The van der Waals surface area contributed by atoms with E-state index in [-0.39, 0.29) is 0 Å². The number of ether oxygens (including phenoxy) is 1. The van der Waals surface area contributed by atoms with Gasteiger partial charge in [-0.2, -0.15) is 0 Å². The van der Waals surface area contributed by atoms with Gasteiger partial charge >= 0.3 is 0 Å². The Hall–Kier alpha value is -3.05. The second kappa shape index (κ2) is 8.31. The van der Waals surface area contributed by atoms with Crippen LogP contribution in [0, 0.1) is 6.92 Å². The van der Waals surface area contributed by atoms with Crippen molar-refractivity contribution in [1.82, 2.24) is 14.8 Å². The number of nitrogens with zero attached hydrogens (tertiary/aromatic N) is 3. The van der Waals surface area contributed by atoms with Crippen LogP contribution in [0.1, 0.15) is 11.1 Å². The van der Waals surface area contributed by atoms with E-state index in [0.717, 1.165) is 33.7 Å². The van der Waals surface area contributed by atoms with E-state index in [1.165, 1.54) is 11.1 Å². The molecule has 0 fully saturated rings. The number of hydrogen-bond acceptors (Lipinski definition) is 4. The molecule has 0 saturated heterocycles. The highest BCUT2D eigenvalue weighted by Crippen LogP contribution is 2.31. The van der Waals surface area contributed by atoms with Crippen LogP contribution >= 0.6 is 11.8 Å². The van der Waals surface area contributed by atoms with Gasteiger partial charge in [-0.15, -0.1) is 10.2 Å². The molecule has 0 bridgehead atoms. The maximum absolute atomic E-state index is 5.39. The van der Waals surface area contributed by atoms with Gasteiger partial charge < -0.3 is 4.74 Å². The van der Waals surface area contributed by atoms with Crippen molar-refractivity contribution in [3.8, 4) is 22.8 Å². The van der Waals surface area contributed by atoms with E-state index in [9.17, 15) is 0 Å². The molecule has 0 unspecified atom stereocenters. The van der Waals surface area contributed by atoms with Crippen molar-refractivity contribution < 1.29 is 4.74 Å². The van der Waals surface area contributed by atoms with Gasteiger partial charge in [0.1, 0.15) is 5.75 Å². The summed E-state index contributed by atoms with van der Waals surface area (Å²) in [6.45, 7) is 2.09. The lowest BCUT2D eigenvalue weighted by Crippen LogP contribution is -2.00. The van der Waals surface area contributed by atoms with Crippen LogP contribution in [-0.2, 0) is 5.75 Å². The molecular weight excluding hydrogens is 366 g/mol. The summed E-state index contributed by atoms with van der Waals surface area (Å²) in [4.78, 5) is 0. The van der Waals surface area contributed by atoms with Gasteiger partial charge in [-0.3, -0.25) is 4.57 Å². The number of thioether (sulfide) groups is 1. The molecule has 0 saturated carbocycles. The Morgan fingerprint density at radius 1 is 0.893 bits per heavy atom. The van der Waals surface area contributed by atoms with Gasteiger partial charge in [-0.05, 0) is 36.8 Å². The number of methoxy groups -OCH3 is 1. The van der Waals surface area contributed by atoms with Gasteiger partial charge in [0.15, 0.2) is 11.0 Å². The Bertz CT molecular complexity index is 1060. The number of rotatable bonds is 6. The van der Waals surface area contributed by atoms with Crippen molar-refractivity contribution in [3.05, 3.63) is 90.0 Å². The standard InChI is InChI=1S/C23H21N3OS/c1-17-11-13-20(14-12-17)26-22(19-9-6-10-21(15-19)27-2)24-25-23(26)28-16-18-7-4-3-5-8-18/h3-15H,16H2,1-2H3. The second-order valence-electron chi connectivity index (χ2n) is 6.48. The van der Waals surface area contributed by atoms with E-state index in [0.29, 0.717) is 0 Å². The van der Waals surface area contributed by atoms with Crippen molar-refractivity contribution >= 4 is 11.8 Å². The maximum Gasteiger partial charge on any atom is 0.196 e. The summed E-state index contributed by atoms with van der Waals surface area (Å²) in [6.07, 6.45) is 0. The summed E-state index contributed by atoms with van der Waals surface area (Å²) in [5, 5.41) is 9.87. The Labute approximate surface area is 169 Å². The maximum atomic E-state index is 5.39. The van der Waals surface area contributed by atoms with E-state index in [4.69, 9.17) is 4.74 Å². The minimum atomic E-state index is 0.800. The summed E-state index contributed by atoms with van der Waals surface area (Å²) >= 11 is 1.68. The number of aryl methyl sites for hydroxylation is 1. The highest BCUT2D eigenvalue weighted by atomic mass is 32.2. The Balaban J connectivity index is 1.75. The van der Waals surface area contributed by atoms with E-state index in [2.05, 4.69) is 70.2 Å². The molecule has 0 atom stereocenters. The average molecular weight is 388 g/mol. The fourth-order valence-electron chi connectivity index (χ4n) is 2.96. The third-order valence-corrected chi connectivity index (χ3v) is 5.46. The molecule has 0 spiro atoms. The molecule has 5 heteroatoms. The van der Waals surface area contributed by atoms with Crippen molar-refractivity contribution in [2.45, 2.75) is 17.8 Å². The Morgan fingerprint density at radius 3 is 2.43 bits per heavy atom. The fourth-order valence-corrected chi connectivity index (χ4v) is 3.87. The molecule has 0 aliphatic carbocycles. The van der Waals surface area contributed by atoms with E-state index >= 15 is 0 Å². The first kappa shape index (κ1) is 18.3. The molecule has 0 N–H and O–H groups in total. The summed E-state index contributed by atoms with van der Waals surface area (Å²) in [5.41, 5.74) is 4.50. The Morgan fingerprint density at radius 2 is 1.68 bits per heavy atom. The van der Waals surface area contributed by atoms with Crippen LogP contribution in [-0.4, -0.2) is 21.9 Å². The number of aromatic nitrogens is 3. The molecule has 140 valence electrons. The molecule has 4 rings (SSSR count). The third-order valence-electron chi connectivity index (χ3n) is 4.46. The van der Waals surface area contributed by atoms with Crippen LogP contribution in [0.15, 0.2) is 84.0 Å². The predicted molar refractivity (Wildman–Crippen MR) is 114 cm³/mol. The summed E-state index contributed by atoms with van der Waals surface area (Å²) in [5.74, 6) is 2.44. The quantitative estimate of drug-likeness (QED) is 0.407. The van der Waals surface area contributed by atoms with E-state index in [1.807, 2.05) is 30.3 Å². The zero-order chi connectivity index (χ0) is 19.3. The molecule has 1 heterocycles. The summed E-state index contributed by atoms with van der Waals surface area (Å²) in [7, 11) is 1.67. The van der Waals surface area contributed by atoms with Crippen LogP contribution in [0.2, 0.25) is 0 Å². The zero-order valence-corrected chi connectivity index (χ0v) is 16.7. The molecular formula is C23H21N3OS. The van der Waals surface area contributed by atoms with Gasteiger partial charge in [-0.25, -0.2) is 0 Å². The van der Waals surface area contributed by atoms with Crippen LogP contribution in [0.25, 0.3) is 17.1 Å². The topological polar surface area (TPSA) is 39.9 Å². The number of benzene rings is 3. The second-order valence-corrected chi connectivity index (χ2v) is 7.43. The minimum absolute atomic E-state index is 0.800.